The number of carbonyl (C=O) groups is 2. The van der Waals surface area contributed by atoms with Crippen LogP contribution in [0.3, 0.4) is 0 Å². The summed E-state index contributed by atoms with van der Waals surface area (Å²) in [6.45, 7) is 3.47. The molecule has 0 bridgehead atoms. The molecule has 0 fully saturated rings. The summed E-state index contributed by atoms with van der Waals surface area (Å²) in [6.07, 6.45) is 0. The average molecular weight is 268 g/mol. The minimum Gasteiger partial charge on any atom is -0.462 e. The number of Topliss-reactive ketones (excluding diaryl/α,β-unsaturated/α-hetero) is 1. The molecule has 3 heteroatoms. The maximum absolute atomic E-state index is 12.0. The number of ketones is 1. The first-order valence-corrected chi connectivity index (χ1v) is 6.51. The van der Waals surface area contributed by atoms with E-state index in [0.717, 1.165) is 11.1 Å². The second kappa shape index (κ2) is 6.15. The van der Waals surface area contributed by atoms with Crippen molar-refractivity contribution < 1.29 is 14.3 Å². The van der Waals surface area contributed by atoms with Crippen molar-refractivity contribution in [1.82, 2.24) is 0 Å². The van der Waals surface area contributed by atoms with Crippen LogP contribution in [0.25, 0.3) is 11.1 Å². The molecule has 0 aliphatic carbocycles. The van der Waals surface area contributed by atoms with E-state index in [4.69, 9.17) is 4.74 Å². The lowest BCUT2D eigenvalue weighted by Crippen LogP contribution is -2.10. The first kappa shape index (κ1) is 14.0. The van der Waals surface area contributed by atoms with Gasteiger partial charge in [0.15, 0.2) is 5.78 Å². The Morgan fingerprint density at radius 1 is 0.950 bits per heavy atom. The fourth-order valence-electron chi connectivity index (χ4n) is 2.04. The van der Waals surface area contributed by atoms with Crippen molar-refractivity contribution in [1.29, 1.82) is 0 Å². The van der Waals surface area contributed by atoms with E-state index in [1.54, 1.807) is 19.1 Å². The number of benzene rings is 2. The summed E-state index contributed by atoms with van der Waals surface area (Å²) >= 11 is 0. The largest absolute Gasteiger partial charge is 0.462 e. The van der Waals surface area contributed by atoms with Crippen molar-refractivity contribution in [3.05, 3.63) is 59.7 Å². The van der Waals surface area contributed by atoms with Crippen LogP contribution in [0.15, 0.2) is 48.5 Å². The topological polar surface area (TPSA) is 43.4 Å². The highest BCUT2D eigenvalue weighted by Crippen LogP contribution is 2.23. The van der Waals surface area contributed by atoms with Crippen LogP contribution in [-0.4, -0.2) is 18.4 Å². The number of hydrogen-bond donors (Lipinski definition) is 0. The predicted octanol–water partition coefficient (Wildman–Crippen LogP) is 3.73. The number of rotatable bonds is 4. The van der Waals surface area contributed by atoms with Gasteiger partial charge in [-0.1, -0.05) is 36.4 Å². The molecule has 0 heterocycles. The molecule has 0 unspecified atom stereocenters. The highest BCUT2D eigenvalue weighted by molar-refractivity contribution is 6.06. The van der Waals surface area contributed by atoms with Crippen molar-refractivity contribution in [2.45, 2.75) is 13.8 Å². The maximum Gasteiger partial charge on any atom is 0.338 e. The molecule has 0 aliphatic rings. The molecule has 2 aromatic carbocycles. The number of carbonyl (C=O) groups excluding carboxylic acids is 2. The van der Waals surface area contributed by atoms with Crippen LogP contribution in [0.1, 0.15) is 34.6 Å². The van der Waals surface area contributed by atoms with Crippen LogP contribution >= 0.6 is 0 Å². The Balaban J connectivity index is 2.51. The normalized spacial score (nSPS) is 10.1. The molecular weight excluding hydrogens is 252 g/mol. The van der Waals surface area contributed by atoms with Crippen LogP contribution in [0.4, 0.5) is 0 Å². The minimum atomic E-state index is -0.463. The van der Waals surface area contributed by atoms with Gasteiger partial charge < -0.3 is 4.74 Å². The van der Waals surface area contributed by atoms with Crippen LogP contribution in [-0.2, 0) is 4.74 Å². The summed E-state index contributed by atoms with van der Waals surface area (Å²) in [5.74, 6) is -0.608. The van der Waals surface area contributed by atoms with Gasteiger partial charge in [-0.25, -0.2) is 4.79 Å². The summed E-state index contributed by atoms with van der Waals surface area (Å²) in [6, 6.07) is 14.9. The first-order chi connectivity index (χ1) is 9.63. The van der Waals surface area contributed by atoms with Gasteiger partial charge in [-0.05, 0) is 37.1 Å². The van der Waals surface area contributed by atoms with Gasteiger partial charge in [0.05, 0.1) is 12.2 Å². The molecule has 0 atom stereocenters. The van der Waals surface area contributed by atoms with E-state index in [9.17, 15) is 9.59 Å². The van der Waals surface area contributed by atoms with E-state index in [1.165, 1.54) is 6.92 Å². The molecule has 0 radical (unpaired) electrons. The first-order valence-electron chi connectivity index (χ1n) is 6.51. The summed E-state index contributed by atoms with van der Waals surface area (Å²) < 4.78 is 5.02. The Kier molecular flexibility index (Phi) is 4.31. The van der Waals surface area contributed by atoms with Crippen LogP contribution < -0.4 is 0 Å². The van der Waals surface area contributed by atoms with Gasteiger partial charge >= 0.3 is 5.97 Å². The lowest BCUT2D eigenvalue weighted by Gasteiger charge is -2.09. The second-order valence-electron chi connectivity index (χ2n) is 4.40. The Morgan fingerprint density at radius 2 is 1.65 bits per heavy atom. The summed E-state index contributed by atoms with van der Waals surface area (Å²) in [7, 11) is 0. The van der Waals surface area contributed by atoms with Gasteiger partial charge in [-0.15, -0.1) is 0 Å². The molecule has 0 amide bonds. The SMILES string of the molecule is CCOC(=O)c1cc(-c2ccccc2)ccc1C(C)=O. The predicted molar refractivity (Wildman–Crippen MR) is 77.8 cm³/mol. The van der Waals surface area contributed by atoms with Crippen molar-refractivity contribution in [3.63, 3.8) is 0 Å². The van der Waals surface area contributed by atoms with E-state index in [2.05, 4.69) is 0 Å². The van der Waals surface area contributed by atoms with Gasteiger partial charge in [0.2, 0.25) is 0 Å². The lowest BCUT2D eigenvalue weighted by molar-refractivity contribution is 0.0523. The van der Waals surface area contributed by atoms with E-state index in [-0.39, 0.29) is 12.4 Å². The molecule has 0 saturated carbocycles. The third-order valence-electron chi connectivity index (χ3n) is 3.00. The zero-order valence-corrected chi connectivity index (χ0v) is 11.6. The molecule has 102 valence electrons. The lowest BCUT2D eigenvalue weighted by atomic mass is 9.97. The van der Waals surface area contributed by atoms with Gasteiger partial charge in [0.1, 0.15) is 0 Å². The average Bonchev–Trinajstić information content (AvgIpc) is 2.47. The molecule has 0 aliphatic heterocycles. The Morgan fingerprint density at radius 3 is 2.25 bits per heavy atom. The third kappa shape index (κ3) is 2.94. The van der Waals surface area contributed by atoms with Crippen LogP contribution in [0.2, 0.25) is 0 Å². The van der Waals surface area contributed by atoms with Gasteiger partial charge in [0.25, 0.3) is 0 Å². The van der Waals surface area contributed by atoms with Gasteiger partial charge in [0, 0.05) is 5.56 Å². The summed E-state index contributed by atoms with van der Waals surface area (Å²) in [4.78, 5) is 23.6. The number of esters is 1. The summed E-state index contributed by atoms with van der Waals surface area (Å²) in [5.41, 5.74) is 2.59. The molecule has 0 saturated heterocycles. The Hall–Kier alpha value is -2.42. The standard InChI is InChI=1S/C17H16O3/c1-3-20-17(19)16-11-14(9-10-15(16)12(2)18)13-7-5-4-6-8-13/h4-11H,3H2,1-2H3. The Bertz CT molecular complexity index is 630. The monoisotopic (exact) mass is 268 g/mol. The molecule has 0 N–H and O–H groups in total. The third-order valence-corrected chi connectivity index (χ3v) is 3.00. The zero-order chi connectivity index (χ0) is 14.5. The fourth-order valence-corrected chi connectivity index (χ4v) is 2.04. The van der Waals surface area contributed by atoms with Gasteiger partial charge in [-0.2, -0.15) is 0 Å². The van der Waals surface area contributed by atoms with E-state index in [0.29, 0.717) is 11.1 Å². The number of hydrogen-bond acceptors (Lipinski definition) is 3. The van der Waals surface area contributed by atoms with E-state index < -0.39 is 5.97 Å². The molecule has 3 nitrogen and oxygen atoms in total. The molecule has 20 heavy (non-hydrogen) atoms. The minimum absolute atomic E-state index is 0.146. The van der Waals surface area contributed by atoms with Crippen LogP contribution in [0.5, 0.6) is 0 Å². The van der Waals surface area contributed by atoms with Gasteiger partial charge in [-0.3, -0.25) is 4.79 Å². The zero-order valence-electron chi connectivity index (χ0n) is 11.6. The molecule has 2 aromatic rings. The quantitative estimate of drug-likeness (QED) is 0.626. The molecule has 2 rings (SSSR count). The van der Waals surface area contributed by atoms with Crippen LogP contribution in [0, 0.1) is 0 Å². The van der Waals surface area contributed by atoms with E-state index >= 15 is 0 Å². The molecule has 0 spiro atoms. The smallest absolute Gasteiger partial charge is 0.338 e. The second-order valence-corrected chi connectivity index (χ2v) is 4.40. The van der Waals surface area contributed by atoms with Crippen molar-refractivity contribution in [3.8, 4) is 11.1 Å². The fraction of sp³-hybridized carbons (Fsp3) is 0.176. The van der Waals surface area contributed by atoms with Crippen molar-refractivity contribution in [2.24, 2.45) is 0 Å². The van der Waals surface area contributed by atoms with Crippen molar-refractivity contribution in [2.75, 3.05) is 6.61 Å². The Labute approximate surface area is 118 Å². The molecular formula is C17H16O3. The van der Waals surface area contributed by atoms with E-state index in [1.807, 2.05) is 36.4 Å². The highest BCUT2D eigenvalue weighted by atomic mass is 16.5. The van der Waals surface area contributed by atoms with Crippen molar-refractivity contribution >= 4 is 11.8 Å². The molecule has 0 aromatic heterocycles. The highest BCUT2D eigenvalue weighted by Gasteiger charge is 2.16. The maximum atomic E-state index is 12.0. The summed E-state index contributed by atoms with van der Waals surface area (Å²) in [5, 5.41) is 0. The number of ether oxygens (including phenoxy) is 1.